The molecule has 0 atom stereocenters. The van der Waals surface area contributed by atoms with E-state index in [1.807, 2.05) is 4.72 Å². The van der Waals surface area contributed by atoms with Gasteiger partial charge in [-0.25, -0.2) is 22.9 Å². The monoisotopic (exact) mass is 417 g/mol. The zero-order valence-corrected chi connectivity index (χ0v) is 16.1. The van der Waals surface area contributed by atoms with E-state index >= 15 is 0 Å². The Balaban J connectivity index is 1.95. The molecular formula is C17H15N5O6S. The molecular weight excluding hydrogens is 402 g/mol. The molecule has 0 bridgehead atoms. The number of nitrogens with zero attached hydrogens (tertiary/aromatic N) is 3. The summed E-state index contributed by atoms with van der Waals surface area (Å²) in [6.07, 6.45) is 0. The number of urea groups is 1. The van der Waals surface area contributed by atoms with Crippen LogP contribution in [0, 0.1) is 17.0 Å². The highest BCUT2D eigenvalue weighted by Crippen LogP contribution is 2.31. The van der Waals surface area contributed by atoms with E-state index < -0.39 is 31.6 Å². The van der Waals surface area contributed by atoms with E-state index in [4.69, 9.17) is 4.74 Å². The molecule has 150 valence electrons. The van der Waals surface area contributed by atoms with Crippen molar-refractivity contribution in [3.63, 3.8) is 0 Å². The Kier molecular flexibility index (Phi) is 5.28. The molecule has 0 saturated carbocycles. The second-order valence-electron chi connectivity index (χ2n) is 5.82. The molecule has 3 rings (SSSR count). The average Bonchev–Trinajstić information content (AvgIpc) is 2.65. The van der Waals surface area contributed by atoms with E-state index in [-0.39, 0.29) is 17.2 Å². The van der Waals surface area contributed by atoms with Gasteiger partial charge in [0.2, 0.25) is 11.8 Å². The van der Waals surface area contributed by atoms with Crippen molar-refractivity contribution in [2.24, 2.45) is 0 Å². The number of methoxy groups -OCH3 is 1. The molecule has 3 aromatic rings. The molecule has 1 heterocycles. The first-order valence-electron chi connectivity index (χ1n) is 8.11. The van der Waals surface area contributed by atoms with E-state index in [0.29, 0.717) is 11.1 Å². The van der Waals surface area contributed by atoms with Crippen LogP contribution in [0.15, 0.2) is 47.4 Å². The molecule has 0 aliphatic rings. The number of nitro benzene ring substituents is 1. The number of hydrogen-bond acceptors (Lipinski definition) is 8. The maximum Gasteiger partial charge on any atom is 0.335 e. The van der Waals surface area contributed by atoms with Gasteiger partial charge in [-0.15, -0.1) is 0 Å². The number of amides is 2. The van der Waals surface area contributed by atoms with E-state index in [9.17, 15) is 23.3 Å². The van der Waals surface area contributed by atoms with Crippen LogP contribution in [-0.4, -0.2) is 36.4 Å². The fraction of sp³-hybridized carbons (Fsp3) is 0.118. The molecule has 2 amide bonds. The number of benzene rings is 2. The Morgan fingerprint density at radius 1 is 1.17 bits per heavy atom. The number of hydrogen-bond donors (Lipinski definition) is 2. The highest BCUT2D eigenvalue weighted by atomic mass is 32.2. The van der Waals surface area contributed by atoms with Gasteiger partial charge in [-0.05, 0) is 18.4 Å². The number of non-ortho nitro benzene ring substituents is 1. The van der Waals surface area contributed by atoms with Crippen LogP contribution in [0.4, 0.5) is 16.4 Å². The first kappa shape index (κ1) is 19.9. The molecule has 12 heteroatoms. The molecule has 0 fully saturated rings. The van der Waals surface area contributed by atoms with Crippen molar-refractivity contribution >= 4 is 38.5 Å². The summed E-state index contributed by atoms with van der Waals surface area (Å²) in [4.78, 5) is 30.3. The molecule has 0 saturated heterocycles. The number of nitrogens with one attached hydrogen (secondary N) is 2. The second kappa shape index (κ2) is 7.67. The minimum Gasteiger partial charge on any atom is -0.481 e. The third kappa shape index (κ3) is 4.21. The van der Waals surface area contributed by atoms with Crippen LogP contribution in [0.1, 0.15) is 5.69 Å². The van der Waals surface area contributed by atoms with Gasteiger partial charge in [0.25, 0.3) is 15.7 Å². The van der Waals surface area contributed by atoms with Crippen molar-refractivity contribution in [3.8, 4) is 5.88 Å². The lowest BCUT2D eigenvalue weighted by molar-refractivity contribution is -0.383. The third-order valence-corrected chi connectivity index (χ3v) is 5.20. The molecule has 0 spiro atoms. The molecule has 2 aromatic carbocycles. The van der Waals surface area contributed by atoms with E-state index in [1.165, 1.54) is 49.6 Å². The normalized spacial score (nSPS) is 11.1. The van der Waals surface area contributed by atoms with E-state index in [1.54, 1.807) is 6.92 Å². The van der Waals surface area contributed by atoms with Gasteiger partial charge in [0, 0.05) is 17.8 Å². The van der Waals surface area contributed by atoms with Gasteiger partial charge in [-0.3, -0.25) is 15.4 Å². The predicted molar refractivity (Wildman–Crippen MR) is 103 cm³/mol. The van der Waals surface area contributed by atoms with Gasteiger partial charge in [0.1, 0.15) is 4.90 Å². The van der Waals surface area contributed by atoms with Crippen molar-refractivity contribution in [1.82, 2.24) is 14.7 Å². The Morgan fingerprint density at radius 3 is 2.52 bits per heavy atom. The maximum atomic E-state index is 12.8. The van der Waals surface area contributed by atoms with Gasteiger partial charge >= 0.3 is 6.03 Å². The summed E-state index contributed by atoms with van der Waals surface area (Å²) in [5, 5.41) is 13.8. The number of aromatic nitrogens is 2. The maximum absolute atomic E-state index is 12.8. The highest BCUT2D eigenvalue weighted by Gasteiger charge is 2.25. The first-order chi connectivity index (χ1) is 13.7. The number of sulfonamides is 1. The minimum atomic E-state index is -4.44. The Morgan fingerprint density at radius 2 is 1.86 bits per heavy atom. The zero-order chi connectivity index (χ0) is 21.2. The molecule has 0 radical (unpaired) electrons. The fourth-order valence-electron chi connectivity index (χ4n) is 2.67. The first-order valence-corrected chi connectivity index (χ1v) is 9.59. The molecule has 0 aliphatic heterocycles. The number of rotatable bonds is 5. The predicted octanol–water partition coefficient (Wildman–Crippen LogP) is 2.37. The highest BCUT2D eigenvalue weighted by molar-refractivity contribution is 7.90. The second-order valence-corrected chi connectivity index (χ2v) is 7.47. The summed E-state index contributed by atoms with van der Waals surface area (Å²) in [6.45, 7) is 1.64. The zero-order valence-electron chi connectivity index (χ0n) is 15.2. The SMILES string of the molecule is COc1cc(C)nc(NC(=O)NS(=O)(=O)c2cccc3cccc([N+](=O)[O-])c23)n1. The lowest BCUT2D eigenvalue weighted by Crippen LogP contribution is -2.35. The number of nitro groups is 1. The van der Waals surface area contributed by atoms with Crippen molar-refractivity contribution in [1.29, 1.82) is 0 Å². The molecule has 1 aromatic heterocycles. The molecule has 11 nitrogen and oxygen atoms in total. The van der Waals surface area contributed by atoms with Gasteiger partial charge in [-0.2, -0.15) is 4.98 Å². The number of carbonyl (C=O) groups excluding carboxylic acids is 1. The largest absolute Gasteiger partial charge is 0.481 e. The number of ether oxygens (including phenoxy) is 1. The number of carbonyl (C=O) groups is 1. The molecule has 29 heavy (non-hydrogen) atoms. The lowest BCUT2D eigenvalue weighted by atomic mass is 10.1. The van der Waals surface area contributed by atoms with Gasteiger partial charge in [0.15, 0.2) is 0 Å². The summed E-state index contributed by atoms with van der Waals surface area (Å²) >= 11 is 0. The van der Waals surface area contributed by atoms with Gasteiger partial charge in [0.05, 0.1) is 17.4 Å². The quantitative estimate of drug-likeness (QED) is 0.474. The standard InChI is InChI=1S/C17H15N5O6S/c1-10-9-14(28-2)19-16(18-10)20-17(23)21-29(26,27)13-8-4-6-11-5-3-7-12(15(11)13)22(24)25/h3-9H,1-2H3,(H2,18,19,20,21,23). The van der Waals surface area contributed by atoms with Crippen LogP contribution in [0.5, 0.6) is 5.88 Å². The van der Waals surface area contributed by atoms with Gasteiger partial charge in [-0.1, -0.05) is 24.3 Å². The van der Waals surface area contributed by atoms with E-state index in [2.05, 4.69) is 15.3 Å². The Hall–Kier alpha value is -3.80. The molecule has 0 aliphatic carbocycles. The lowest BCUT2D eigenvalue weighted by Gasteiger charge is -2.11. The number of anilines is 1. The summed E-state index contributed by atoms with van der Waals surface area (Å²) in [7, 11) is -3.06. The minimum absolute atomic E-state index is 0.103. The van der Waals surface area contributed by atoms with Crippen LogP contribution in [0.3, 0.4) is 0 Å². The summed E-state index contributed by atoms with van der Waals surface area (Å²) in [5.74, 6) is 0.0128. The van der Waals surface area contributed by atoms with Crippen LogP contribution < -0.4 is 14.8 Å². The summed E-state index contributed by atoms with van der Waals surface area (Å²) in [6, 6.07) is 8.70. The van der Waals surface area contributed by atoms with Crippen molar-refractivity contribution in [3.05, 3.63) is 58.3 Å². The Bertz CT molecular complexity index is 1220. The van der Waals surface area contributed by atoms with Crippen LogP contribution in [0.25, 0.3) is 10.8 Å². The smallest absolute Gasteiger partial charge is 0.335 e. The van der Waals surface area contributed by atoms with Crippen molar-refractivity contribution in [2.45, 2.75) is 11.8 Å². The van der Waals surface area contributed by atoms with Gasteiger partial charge < -0.3 is 4.74 Å². The number of aryl methyl sites for hydroxylation is 1. The third-order valence-electron chi connectivity index (χ3n) is 3.82. The number of fused-ring (bicyclic) bond motifs is 1. The fourth-order valence-corrected chi connectivity index (χ4v) is 3.82. The molecule has 0 unspecified atom stereocenters. The topological polar surface area (TPSA) is 153 Å². The molecule has 2 N–H and O–H groups in total. The van der Waals surface area contributed by atoms with Crippen LogP contribution in [-0.2, 0) is 10.0 Å². The summed E-state index contributed by atoms with van der Waals surface area (Å²) < 4.78 is 32.3. The Labute approximate surface area is 164 Å². The average molecular weight is 417 g/mol. The van der Waals surface area contributed by atoms with Crippen molar-refractivity contribution in [2.75, 3.05) is 12.4 Å². The van der Waals surface area contributed by atoms with E-state index in [0.717, 1.165) is 0 Å². The van der Waals surface area contributed by atoms with Crippen molar-refractivity contribution < 1.29 is 22.9 Å². The van der Waals surface area contributed by atoms with Crippen LogP contribution in [0.2, 0.25) is 0 Å². The van der Waals surface area contributed by atoms with Crippen LogP contribution >= 0.6 is 0 Å². The summed E-state index contributed by atoms with van der Waals surface area (Å²) in [5.41, 5.74) is 0.0929.